The third kappa shape index (κ3) is 8.10. The van der Waals surface area contributed by atoms with Gasteiger partial charge in [0.05, 0.1) is 59.4 Å². The van der Waals surface area contributed by atoms with Crippen molar-refractivity contribution >= 4 is 29.1 Å². The third-order valence-electron chi connectivity index (χ3n) is 6.89. The highest BCUT2D eigenvalue weighted by Gasteiger charge is 2.43. The predicted molar refractivity (Wildman–Crippen MR) is 143 cm³/mol. The van der Waals surface area contributed by atoms with Crippen LogP contribution in [0.15, 0.2) is 22.6 Å². The van der Waals surface area contributed by atoms with E-state index in [9.17, 15) is 19.8 Å². The molecule has 36 heavy (non-hydrogen) atoms. The van der Waals surface area contributed by atoms with E-state index in [2.05, 4.69) is 22.3 Å². The summed E-state index contributed by atoms with van der Waals surface area (Å²) >= 11 is 1.56. The molecule has 0 saturated heterocycles. The van der Waals surface area contributed by atoms with Crippen molar-refractivity contribution in [2.45, 2.75) is 91.6 Å². The summed E-state index contributed by atoms with van der Waals surface area (Å²) in [4.78, 5) is 30.9. The number of ketones is 1. The maximum Gasteiger partial charge on any atom is 0.223 e. The van der Waals surface area contributed by atoms with E-state index in [1.165, 1.54) is 0 Å². The number of hydrogen-bond acceptors (Lipinski definition) is 7. The van der Waals surface area contributed by atoms with E-state index in [0.717, 1.165) is 21.8 Å². The summed E-state index contributed by atoms with van der Waals surface area (Å²) in [5.74, 6) is 0.796. The van der Waals surface area contributed by atoms with Crippen molar-refractivity contribution in [2.24, 2.45) is 11.3 Å². The molecule has 0 unspecified atom stereocenters. The fraction of sp³-hybridized carbons (Fsp3) is 0.607. The molecular formula is C28H40N2O5S. The van der Waals surface area contributed by atoms with E-state index < -0.39 is 35.4 Å². The monoisotopic (exact) mass is 516 g/mol. The molecule has 2 rings (SSSR count). The number of aliphatic hydroxyl groups excluding tert-OH is 2. The minimum atomic E-state index is -1.30. The van der Waals surface area contributed by atoms with E-state index in [1.807, 2.05) is 32.2 Å². The third-order valence-corrected chi connectivity index (χ3v) is 7.68. The van der Waals surface area contributed by atoms with E-state index in [4.69, 9.17) is 11.2 Å². The summed E-state index contributed by atoms with van der Waals surface area (Å²) < 4.78 is 5.86. The van der Waals surface area contributed by atoms with Crippen LogP contribution in [0.3, 0.4) is 0 Å². The van der Waals surface area contributed by atoms with Crippen LogP contribution in [0.1, 0.15) is 71.0 Å². The van der Waals surface area contributed by atoms with Crippen molar-refractivity contribution in [2.75, 3.05) is 6.61 Å². The number of carbonyl (C=O) groups excluding carboxylic acids is 2. The van der Waals surface area contributed by atoms with Crippen LogP contribution in [-0.2, 0) is 14.3 Å². The van der Waals surface area contributed by atoms with Gasteiger partial charge in [-0.15, -0.1) is 23.7 Å². The van der Waals surface area contributed by atoms with Gasteiger partial charge in [-0.05, 0) is 52.2 Å². The predicted octanol–water partition coefficient (Wildman–Crippen LogP) is 3.83. The molecular weight excluding hydrogens is 476 g/mol. The Morgan fingerprint density at radius 3 is 2.67 bits per heavy atom. The van der Waals surface area contributed by atoms with Gasteiger partial charge in [-0.25, -0.2) is 4.98 Å². The molecule has 0 fully saturated rings. The van der Waals surface area contributed by atoms with Crippen LogP contribution < -0.4 is 5.32 Å². The number of aryl methyl sites for hydroxylation is 1. The van der Waals surface area contributed by atoms with Gasteiger partial charge in [-0.2, -0.15) is 0 Å². The van der Waals surface area contributed by atoms with Gasteiger partial charge >= 0.3 is 0 Å². The summed E-state index contributed by atoms with van der Waals surface area (Å²) in [5.41, 5.74) is 1.55. The number of hydrogen-bond donors (Lipinski definition) is 3. The summed E-state index contributed by atoms with van der Waals surface area (Å²) in [5, 5.41) is 27.8. The molecule has 7 nitrogen and oxygen atoms in total. The Bertz CT molecular complexity index is 1020. The molecule has 8 heteroatoms. The molecule has 1 aromatic rings. The minimum absolute atomic E-state index is 0.0110. The highest BCUT2D eigenvalue weighted by atomic mass is 32.1. The highest BCUT2D eigenvalue weighted by Crippen LogP contribution is 2.32. The number of rotatable bonds is 3. The minimum Gasteiger partial charge on any atom is -0.392 e. The average Bonchev–Trinajstić information content (AvgIpc) is 3.22. The van der Waals surface area contributed by atoms with E-state index >= 15 is 0 Å². The van der Waals surface area contributed by atoms with E-state index in [1.54, 1.807) is 32.1 Å². The van der Waals surface area contributed by atoms with Gasteiger partial charge in [-0.1, -0.05) is 25.5 Å². The van der Waals surface area contributed by atoms with Crippen molar-refractivity contribution in [1.82, 2.24) is 10.3 Å². The fourth-order valence-electron chi connectivity index (χ4n) is 4.21. The second-order valence-electron chi connectivity index (χ2n) is 10.2. The van der Waals surface area contributed by atoms with Crippen molar-refractivity contribution < 1.29 is 24.5 Å². The zero-order valence-corrected chi connectivity index (χ0v) is 23.0. The molecule has 0 radical (unpaired) electrons. The maximum atomic E-state index is 13.4. The van der Waals surface area contributed by atoms with Crippen molar-refractivity contribution in [3.05, 3.63) is 33.3 Å². The summed E-state index contributed by atoms with van der Waals surface area (Å²) in [6.45, 7) is 11.1. The quantitative estimate of drug-likeness (QED) is 0.416. The number of thiazole rings is 1. The topological polar surface area (TPSA) is 109 Å². The first-order chi connectivity index (χ1) is 16.9. The van der Waals surface area contributed by atoms with Gasteiger partial charge in [0.1, 0.15) is 5.78 Å². The van der Waals surface area contributed by atoms with Gasteiger partial charge in [0.2, 0.25) is 5.91 Å². The number of amides is 1. The van der Waals surface area contributed by atoms with Gasteiger partial charge in [0.25, 0.3) is 0 Å². The summed E-state index contributed by atoms with van der Waals surface area (Å²) in [6, 6.07) is -0.302. The summed E-state index contributed by atoms with van der Waals surface area (Å²) in [7, 11) is 0. The van der Waals surface area contributed by atoms with Crippen LogP contribution in [0.4, 0.5) is 0 Å². The zero-order valence-electron chi connectivity index (χ0n) is 22.2. The first kappa shape index (κ1) is 29.9. The van der Waals surface area contributed by atoms with Crippen LogP contribution in [0, 0.1) is 30.6 Å². The van der Waals surface area contributed by atoms with Gasteiger partial charge in [0.15, 0.2) is 0 Å². The largest absolute Gasteiger partial charge is 0.392 e. The number of terminal acetylenes is 1. The first-order valence-corrected chi connectivity index (χ1v) is 13.3. The molecule has 0 saturated carbocycles. The smallest absolute Gasteiger partial charge is 0.223 e. The normalized spacial score (nSPS) is 30.7. The number of ether oxygens (including phenoxy) is 1. The Kier molecular flexibility index (Phi) is 11.0. The summed E-state index contributed by atoms with van der Waals surface area (Å²) in [6.07, 6.45) is 7.46. The lowest BCUT2D eigenvalue weighted by Gasteiger charge is -2.35. The molecule has 1 aromatic heterocycles. The van der Waals surface area contributed by atoms with E-state index in [0.29, 0.717) is 19.4 Å². The molecule has 0 spiro atoms. The van der Waals surface area contributed by atoms with Gasteiger partial charge < -0.3 is 20.3 Å². The Hall–Kier alpha value is -2.31. The van der Waals surface area contributed by atoms with Crippen molar-refractivity contribution in [3.63, 3.8) is 0 Å². The maximum absolute atomic E-state index is 13.4. The van der Waals surface area contributed by atoms with Crippen LogP contribution >= 0.6 is 11.3 Å². The molecule has 1 aliphatic heterocycles. The highest BCUT2D eigenvalue weighted by molar-refractivity contribution is 7.09. The average molecular weight is 517 g/mol. The Labute approximate surface area is 219 Å². The van der Waals surface area contributed by atoms with E-state index in [-0.39, 0.29) is 24.8 Å². The molecule has 198 valence electrons. The van der Waals surface area contributed by atoms with Crippen molar-refractivity contribution in [3.8, 4) is 12.3 Å². The Balaban J connectivity index is 2.37. The molecule has 1 amide bonds. The Morgan fingerprint density at radius 2 is 2.06 bits per heavy atom. The first-order valence-electron chi connectivity index (χ1n) is 12.4. The van der Waals surface area contributed by atoms with Crippen LogP contribution in [0.5, 0.6) is 0 Å². The molecule has 0 aromatic carbocycles. The second-order valence-corrected chi connectivity index (χ2v) is 11.3. The standard InChI is InChI=1S/C28H40N2O5S/c1-8-9-22-26(33)19(4)35-13-12-17(2)10-11-23(18(3)14-21-16-36-20(5)29-21)30-25(32)15-24(31)28(6,7)27(22)34/h1,10,14,16,19,22-24,26,31,33H,9,11-13,15H2,2-7H3,(H,30,32)/b17-10-,18-14+/t19-,22-,23+,24+,26-/m1/s1. The number of nitrogens with zero attached hydrogens (tertiary/aromatic N) is 1. The number of nitrogens with one attached hydrogen (secondary N) is 1. The molecule has 1 aliphatic rings. The number of aliphatic hydroxyl groups is 2. The van der Waals surface area contributed by atoms with Gasteiger partial charge in [-0.3, -0.25) is 9.59 Å². The van der Waals surface area contributed by atoms with Crippen LogP contribution in [0.25, 0.3) is 6.08 Å². The lowest BCUT2D eigenvalue weighted by molar-refractivity contribution is -0.146. The van der Waals surface area contributed by atoms with Crippen LogP contribution in [0.2, 0.25) is 0 Å². The van der Waals surface area contributed by atoms with Crippen LogP contribution in [-0.4, -0.2) is 57.8 Å². The number of aromatic nitrogens is 1. The molecule has 0 aliphatic carbocycles. The van der Waals surface area contributed by atoms with Crippen molar-refractivity contribution in [1.29, 1.82) is 0 Å². The molecule has 3 N–H and O–H groups in total. The zero-order chi connectivity index (χ0) is 27.0. The number of carbonyl (C=O) groups is 2. The fourth-order valence-corrected chi connectivity index (χ4v) is 4.78. The Morgan fingerprint density at radius 1 is 1.36 bits per heavy atom. The molecule has 0 bridgehead atoms. The second kappa shape index (κ2) is 13.3. The lowest BCUT2D eigenvalue weighted by Crippen LogP contribution is -2.49. The molecule has 5 atom stereocenters. The van der Waals surface area contributed by atoms with Gasteiger partial charge in [0, 0.05) is 11.8 Å². The lowest BCUT2D eigenvalue weighted by atomic mass is 9.72. The number of Topliss-reactive ketones (excluding diaryl/α,β-unsaturated/α-hetero) is 1. The molecule has 2 heterocycles. The SMILES string of the molecule is C#CC[C@H]1C(=O)C(C)(C)[C@@H](O)CC(=O)N[C@H](/C(C)=C/c2csc(C)n2)C/C=C(/C)CCO[C@H](C)[C@H]1O.